The fourth-order valence-corrected chi connectivity index (χ4v) is 3.22. The predicted octanol–water partition coefficient (Wildman–Crippen LogP) is 6.25. The molecule has 0 spiro atoms. The van der Waals surface area contributed by atoms with Gasteiger partial charge < -0.3 is 9.73 Å². The number of hydrogen-bond donors (Lipinski definition) is 1. The van der Waals surface area contributed by atoms with Gasteiger partial charge in [-0.3, -0.25) is 9.78 Å². The maximum Gasteiger partial charge on any atom is 0.251 e. The van der Waals surface area contributed by atoms with Crippen molar-refractivity contribution < 1.29 is 9.21 Å². The zero-order valence-corrected chi connectivity index (χ0v) is 16.7. The summed E-state index contributed by atoms with van der Waals surface area (Å²) in [7, 11) is 0. The zero-order chi connectivity index (χ0) is 20.2. The molecule has 4 aromatic rings. The smallest absolute Gasteiger partial charge is 0.251 e. The number of furan rings is 1. The first-order chi connectivity index (χ1) is 14.1. The van der Waals surface area contributed by atoms with Crippen molar-refractivity contribution >= 4 is 29.1 Å². The Hall–Kier alpha value is -3.08. The number of aromatic nitrogens is 1. The molecule has 0 atom stereocenters. The molecular weight excluding hydrogens is 407 g/mol. The highest BCUT2D eigenvalue weighted by Gasteiger charge is 2.08. The lowest BCUT2D eigenvalue weighted by Gasteiger charge is -2.08. The number of pyridine rings is 1. The second-order valence-corrected chi connectivity index (χ2v) is 7.23. The molecule has 0 unspecified atom stereocenters. The van der Waals surface area contributed by atoms with E-state index in [0.29, 0.717) is 27.9 Å². The highest BCUT2D eigenvalue weighted by atomic mass is 35.5. The summed E-state index contributed by atoms with van der Waals surface area (Å²) < 4.78 is 5.37. The quantitative estimate of drug-likeness (QED) is 0.413. The molecule has 4 nitrogen and oxygen atoms in total. The van der Waals surface area contributed by atoms with Crippen LogP contribution in [0.3, 0.4) is 0 Å². The molecule has 0 aliphatic heterocycles. The molecule has 1 amide bonds. The summed E-state index contributed by atoms with van der Waals surface area (Å²) in [6.07, 6.45) is 3.30. The van der Waals surface area contributed by atoms with Crippen molar-refractivity contribution in [3.05, 3.63) is 100 Å². The van der Waals surface area contributed by atoms with E-state index in [2.05, 4.69) is 10.3 Å². The van der Waals surface area contributed by atoms with Crippen LogP contribution >= 0.6 is 23.2 Å². The van der Waals surface area contributed by atoms with E-state index >= 15 is 0 Å². The second kappa shape index (κ2) is 8.52. The van der Waals surface area contributed by atoms with Gasteiger partial charge in [-0.1, -0.05) is 41.4 Å². The third-order valence-corrected chi connectivity index (χ3v) is 5.19. The molecule has 0 aliphatic rings. The van der Waals surface area contributed by atoms with Gasteiger partial charge in [-0.15, -0.1) is 0 Å². The molecule has 0 bridgehead atoms. The topological polar surface area (TPSA) is 55.1 Å². The van der Waals surface area contributed by atoms with E-state index in [9.17, 15) is 4.79 Å². The molecule has 29 heavy (non-hydrogen) atoms. The van der Waals surface area contributed by atoms with Crippen LogP contribution in [0.25, 0.3) is 22.6 Å². The lowest BCUT2D eigenvalue weighted by molar-refractivity contribution is 0.0951. The van der Waals surface area contributed by atoms with Crippen LogP contribution in [0, 0.1) is 0 Å². The number of carbonyl (C=O) groups excluding carboxylic acids is 1. The van der Waals surface area contributed by atoms with Crippen molar-refractivity contribution in [2.75, 3.05) is 0 Å². The van der Waals surface area contributed by atoms with Crippen molar-refractivity contribution in [2.45, 2.75) is 6.54 Å². The van der Waals surface area contributed by atoms with Crippen LogP contribution < -0.4 is 5.32 Å². The van der Waals surface area contributed by atoms with Crippen molar-refractivity contribution in [1.29, 1.82) is 0 Å². The number of carbonyl (C=O) groups is 1. The molecule has 0 fully saturated rings. The first-order valence-corrected chi connectivity index (χ1v) is 9.68. The molecule has 0 radical (unpaired) electrons. The molecule has 2 heterocycles. The predicted molar refractivity (Wildman–Crippen MR) is 115 cm³/mol. The van der Waals surface area contributed by atoms with Gasteiger partial charge in [0.25, 0.3) is 5.91 Å². The Kier molecular flexibility index (Phi) is 5.65. The van der Waals surface area contributed by atoms with E-state index in [-0.39, 0.29) is 5.91 Å². The Morgan fingerprint density at radius 3 is 2.45 bits per heavy atom. The highest BCUT2D eigenvalue weighted by molar-refractivity contribution is 6.42. The molecule has 0 saturated heterocycles. The van der Waals surface area contributed by atoms with Crippen LogP contribution in [-0.4, -0.2) is 10.9 Å². The van der Waals surface area contributed by atoms with Crippen LogP contribution in [0.4, 0.5) is 0 Å². The molecule has 0 saturated carbocycles. The number of nitrogens with zero attached hydrogens (tertiary/aromatic N) is 1. The zero-order valence-electron chi connectivity index (χ0n) is 15.2. The number of hydrogen-bond acceptors (Lipinski definition) is 3. The molecule has 1 N–H and O–H groups in total. The maximum absolute atomic E-state index is 12.5. The average Bonchev–Trinajstić information content (AvgIpc) is 3.29. The minimum atomic E-state index is -0.151. The lowest BCUT2D eigenvalue weighted by atomic mass is 10.0. The molecule has 2 aromatic carbocycles. The number of nitrogens with one attached hydrogen (secondary N) is 1. The van der Waals surface area contributed by atoms with Gasteiger partial charge in [0.1, 0.15) is 5.69 Å². The van der Waals surface area contributed by atoms with E-state index in [1.807, 2.05) is 42.5 Å². The Labute approximate surface area is 178 Å². The van der Waals surface area contributed by atoms with Gasteiger partial charge in [0.2, 0.25) is 0 Å². The summed E-state index contributed by atoms with van der Waals surface area (Å²) in [5.41, 5.74) is 4.14. The summed E-state index contributed by atoms with van der Waals surface area (Å²) in [6, 6.07) is 20.2. The Morgan fingerprint density at radius 1 is 0.931 bits per heavy atom. The standard InChI is InChI=1S/C23H16Cl2N2O2/c24-19-8-7-18(13-20(19)25)16-3-5-17(6-4-16)23(28)27-14-15-9-10-26-21(12-15)22-2-1-11-29-22/h1-13H,14H2,(H,27,28). The largest absolute Gasteiger partial charge is 0.463 e. The SMILES string of the molecule is O=C(NCc1ccnc(-c2ccco2)c1)c1ccc(-c2ccc(Cl)c(Cl)c2)cc1. The van der Waals surface area contributed by atoms with Gasteiger partial charge in [-0.2, -0.15) is 0 Å². The van der Waals surface area contributed by atoms with Crippen molar-refractivity contribution in [3.8, 4) is 22.6 Å². The van der Waals surface area contributed by atoms with E-state index in [0.717, 1.165) is 22.4 Å². The molecule has 0 aliphatic carbocycles. The van der Waals surface area contributed by atoms with Gasteiger partial charge >= 0.3 is 0 Å². The number of benzene rings is 2. The maximum atomic E-state index is 12.5. The van der Waals surface area contributed by atoms with E-state index in [1.165, 1.54) is 0 Å². The first-order valence-electron chi connectivity index (χ1n) is 8.92. The molecule has 144 valence electrons. The Bertz CT molecular complexity index is 1140. The van der Waals surface area contributed by atoms with Gasteiger partial charge in [0.05, 0.1) is 16.3 Å². The van der Waals surface area contributed by atoms with Crippen LogP contribution in [0.15, 0.2) is 83.6 Å². The summed E-state index contributed by atoms with van der Waals surface area (Å²) >= 11 is 12.0. The average molecular weight is 423 g/mol. The van der Waals surface area contributed by atoms with E-state index in [1.54, 1.807) is 36.7 Å². The van der Waals surface area contributed by atoms with E-state index < -0.39 is 0 Å². The third kappa shape index (κ3) is 4.50. The summed E-state index contributed by atoms with van der Waals surface area (Å²) in [6.45, 7) is 0.392. The van der Waals surface area contributed by atoms with Crippen LogP contribution in [-0.2, 0) is 6.54 Å². The lowest BCUT2D eigenvalue weighted by Crippen LogP contribution is -2.22. The second-order valence-electron chi connectivity index (χ2n) is 6.42. The first kappa shape index (κ1) is 19.2. The Morgan fingerprint density at radius 2 is 1.72 bits per heavy atom. The fraction of sp³-hybridized carbons (Fsp3) is 0.0435. The third-order valence-electron chi connectivity index (χ3n) is 4.45. The minimum Gasteiger partial charge on any atom is -0.463 e. The van der Waals surface area contributed by atoms with Crippen LogP contribution in [0.1, 0.15) is 15.9 Å². The van der Waals surface area contributed by atoms with Crippen molar-refractivity contribution in [2.24, 2.45) is 0 Å². The van der Waals surface area contributed by atoms with Gasteiger partial charge in [0.15, 0.2) is 5.76 Å². The normalized spacial score (nSPS) is 10.7. The minimum absolute atomic E-state index is 0.151. The molecule has 4 rings (SSSR count). The summed E-state index contributed by atoms with van der Waals surface area (Å²) in [5, 5.41) is 3.94. The van der Waals surface area contributed by atoms with Crippen LogP contribution in [0.2, 0.25) is 10.0 Å². The van der Waals surface area contributed by atoms with Crippen LogP contribution in [0.5, 0.6) is 0 Å². The number of halogens is 2. The number of amides is 1. The Balaban J connectivity index is 1.42. The molecule has 2 aromatic heterocycles. The van der Waals surface area contributed by atoms with E-state index in [4.69, 9.17) is 27.6 Å². The highest BCUT2D eigenvalue weighted by Crippen LogP contribution is 2.28. The molecular formula is C23H16Cl2N2O2. The molecule has 6 heteroatoms. The van der Waals surface area contributed by atoms with Crippen molar-refractivity contribution in [1.82, 2.24) is 10.3 Å². The van der Waals surface area contributed by atoms with Gasteiger partial charge in [-0.25, -0.2) is 0 Å². The fourth-order valence-electron chi connectivity index (χ4n) is 2.92. The van der Waals surface area contributed by atoms with Crippen molar-refractivity contribution in [3.63, 3.8) is 0 Å². The monoisotopic (exact) mass is 422 g/mol. The van der Waals surface area contributed by atoms with Gasteiger partial charge in [0, 0.05) is 18.3 Å². The summed E-state index contributed by atoms with van der Waals surface area (Å²) in [5.74, 6) is 0.540. The van der Waals surface area contributed by atoms with Gasteiger partial charge in [-0.05, 0) is 65.2 Å². The number of rotatable bonds is 5. The summed E-state index contributed by atoms with van der Waals surface area (Å²) in [4.78, 5) is 16.8.